The zero-order chi connectivity index (χ0) is 20.9. The van der Waals surface area contributed by atoms with Gasteiger partial charge in [-0.1, -0.05) is 39.3 Å². The fourth-order valence-electron chi connectivity index (χ4n) is 2.82. The summed E-state index contributed by atoms with van der Waals surface area (Å²) in [6.45, 7) is 8.15. The molecule has 0 amide bonds. The van der Waals surface area contributed by atoms with Crippen LogP contribution in [0.3, 0.4) is 0 Å². The molecular formula is C21H35F3O3Si. The SMILES string of the molecule is CCCO[Si](CCCCCc1ccc(C(F)(F)F)cc1)(OCCC)OCCC. The predicted molar refractivity (Wildman–Crippen MR) is 108 cm³/mol. The number of rotatable bonds is 15. The van der Waals surface area contributed by atoms with Crippen LogP contribution in [0.25, 0.3) is 0 Å². The maximum atomic E-state index is 12.6. The summed E-state index contributed by atoms with van der Waals surface area (Å²) in [5.74, 6) is 0. The first-order valence-corrected chi connectivity index (χ1v) is 12.4. The lowest BCUT2D eigenvalue weighted by molar-refractivity contribution is -0.137. The third-order valence-electron chi connectivity index (χ3n) is 4.31. The quantitative estimate of drug-likeness (QED) is 0.235. The molecule has 0 fully saturated rings. The summed E-state index contributed by atoms with van der Waals surface area (Å²) in [7, 11) is -2.64. The molecule has 0 spiro atoms. The van der Waals surface area contributed by atoms with Crippen molar-refractivity contribution in [1.82, 2.24) is 0 Å². The van der Waals surface area contributed by atoms with E-state index in [0.29, 0.717) is 19.8 Å². The van der Waals surface area contributed by atoms with Crippen LogP contribution in [0.15, 0.2) is 24.3 Å². The first-order chi connectivity index (χ1) is 13.4. The van der Waals surface area contributed by atoms with E-state index < -0.39 is 20.5 Å². The van der Waals surface area contributed by atoms with E-state index in [2.05, 4.69) is 20.8 Å². The smallest absolute Gasteiger partial charge is 0.373 e. The van der Waals surface area contributed by atoms with Crippen LogP contribution in [-0.4, -0.2) is 28.6 Å². The van der Waals surface area contributed by atoms with Crippen molar-refractivity contribution in [1.29, 1.82) is 0 Å². The summed E-state index contributed by atoms with van der Waals surface area (Å²) in [6, 6.07) is 6.24. The van der Waals surface area contributed by atoms with E-state index in [4.69, 9.17) is 13.3 Å². The van der Waals surface area contributed by atoms with Crippen molar-refractivity contribution in [2.75, 3.05) is 19.8 Å². The highest BCUT2D eigenvalue weighted by Gasteiger charge is 2.40. The van der Waals surface area contributed by atoms with Gasteiger partial charge in [-0.25, -0.2) is 0 Å². The average Bonchev–Trinajstić information content (AvgIpc) is 2.68. The summed E-state index contributed by atoms with van der Waals surface area (Å²) in [4.78, 5) is 0. The van der Waals surface area contributed by atoms with Gasteiger partial charge in [0.2, 0.25) is 0 Å². The Bertz CT molecular complexity index is 499. The van der Waals surface area contributed by atoms with Crippen molar-refractivity contribution in [3.05, 3.63) is 35.4 Å². The van der Waals surface area contributed by atoms with Crippen LogP contribution in [-0.2, 0) is 25.9 Å². The molecule has 0 heterocycles. The third kappa shape index (κ3) is 9.54. The molecule has 0 aliphatic carbocycles. The van der Waals surface area contributed by atoms with Gasteiger partial charge in [0.15, 0.2) is 0 Å². The normalized spacial score (nSPS) is 12.5. The molecule has 0 saturated carbocycles. The average molecular weight is 421 g/mol. The van der Waals surface area contributed by atoms with Gasteiger partial charge in [0.1, 0.15) is 0 Å². The fraction of sp³-hybridized carbons (Fsp3) is 0.714. The molecule has 162 valence electrons. The first-order valence-electron chi connectivity index (χ1n) is 10.4. The zero-order valence-electron chi connectivity index (χ0n) is 17.4. The summed E-state index contributed by atoms with van der Waals surface area (Å²) >= 11 is 0. The molecule has 0 N–H and O–H groups in total. The third-order valence-corrected chi connectivity index (χ3v) is 7.21. The molecule has 0 bridgehead atoms. The van der Waals surface area contributed by atoms with Crippen LogP contribution in [0, 0.1) is 0 Å². The number of halogens is 3. The number of aryl methyl sites for hydroxylation is 1. The van der Waals surface area contributed by atoms with Crippen LogP contribution in [0.1, 0.15) is 70.4 Å². The maximum Gasteiger partial charge on any atom is 0.500 e. The number of alkyl halides is 3. The Hall–Kier alpha value is -0.893. The molecule has 0 aliphatic rings. The van der Waals surface area contributed by atoms with E-state index in [0.717, 1.165) is 68.7 Å². The van der Waals surface area contributed by atoms with Crippen molar-refractivity contribution in [3.63, 3.8) is 0 Å². The molecule has 28 heavy (non-hydrogen) atoms. The van der Waals surface area contributed by atoms with E-state index in [1.54, 1.807) is 12.1 Å². The Morgan fingerprint density at radius 2 is 1.25 bits per heavy atom. The Kier molecular flexibility index (Phi) is 12.0. The van der Waals surface area contributed by atoms with Crippen LogP contribution < -0.4 is 0 Å². The number of hydrogen-bond acceptors (Lipinski definition) is 3. The molecule has 0 saturated heterocycles. The van der Waals surface area contributed by atoms with E-state index in [-0.39, 0.29) is 0 Å². The summed E-state index contributed by atoms with van der Waals surface area (Å²) in [5, 5.41) is 0. The minimum Gasteiger partial charge on any atom is -0.373 e. The second kappa shape index (κ2) is 13.4. The summed E-state index contributed by atoms with van der Waals surface area (Å²) < 4.78 is 56.1. The lowest BCUT2D eigenvalue weighted by Gasteiger charge is -2.29. The molecule has 7 heteroatoms. The zero-order valence-corrected chi connectivity index (χ0v) is 18.4. The summed E-state index contributed by atoms with van der Waals surface area (Å²) in [6.07, 6.45) is 2.09. The van der Waals surface area contributed by atoms with E-state index in [1.807, 2.05) is 0 Å². The second-order valence-electron chi connectivity index (χ2n) is 6.98. The molecule has 0 aromatic heterocycles. The topological polar surface area (TPSA) is 27.7 Å². The predicted octanol–water partition coefficient (Wildman–Crippen LogP) is 6.64. The van der Waals surface area contributed by atoms with E-state index in [1.165, 1.54) is 0 Å². The Morgan fingerprint density at radius 3 is 1.68 bits per heavy atom. The van der Waals surface area contributed by atoms with Crippen LogP contribution in [0.4, 0.5) is 13.2 Å². The van der Waals surface area contributed by atoms with Crippen molar-refractivity contribution in [2.24, 2.45) is 0 Å². The lowest BCUT2D eigenvalue weighted by Crippen LogP contribution is -2.46. The molecule has 0 atom stereocenters. The Labute approximate surface area is 168 Å². The minimum absolute atomic E-state index is 0.596. The maximum absolute atomic E-state index is 12.6. The summed E-state index contributed by atoms with van der Waals surface area (Å²) in [5.41, 5.74) is 0.337. The van der Waals surface area contributed by atoms with Gasteiger partial charge < -0.3 is 13.3 Å². The Morgan fingerprint density at radius 1 is 0.750 bits per heavy atom. The number of hydrogen-bond donors (Lipinski definition) is 0. The number of benzene rings is 1. The van der Waals surface area contributed by atoms with Gasteiger partial charge in [-0.15, -0.1) is 0 Å². The fourth-order valence-corrected chi connectivity index (χ4v) is 5.73. The van der Waals surface area contributed by atoms with E-state index in [9.17, 15) is 13.2 Å². The van der Waals surface area contributed by atoms with Gasteiger partial charge in [0, 0.05) is 25.9 Å². The van der Waals surface area contributed by atoms with Crippen molar-refractivity contribution < 1.29 is 26.4 Å². The van der Waals surface area contributed by atoms with Crippen LogP contribution in [0.2, 0.25) is 6.04 Å². The van der Waals surface area contributed by atoms with Gasteiger partial charge in [-0.2, -0.15) is 13.2 Å². The lowest BCUT2D eigenvalue weighted by atomic mass is 10.1. The van der Waals surface area contributed by atoms with Gasteiger partial charge in [-0.05, 0) is 56.2 Å². The molecule has 1 aromatic rings. The van der Waals surface area contributed by atoms with Gasteiger partial charge in [0.25, 0.3) is 0 Å². The first kappa shape index (κ1) is 25.1. The largest absolute Gasteiger partial charge is 0.500 e. The van der Waals surface area contributed by atoms with Crippen molar-refractivity contribution >= 4 is 8.80 Å². The molecule has 3 nitrogen and oxygen atoms in total. The molecule has 0 radical (unpaired) electrons. The molecular weight excluding hydrogens is 385 g/mol. The molecule has 0 unspecified atom stereocenters. The molecule has 1 rings (SSSR count). The standard InChI is InChI=1S/C21H35F3O3Si/c1-4-15-25-28(26-16-5-2,27-17-6-3)18-9-7-8-10-19-11-13-20(14-12-19)21(22,23)24/h11-14H,4-10,15-18H2,1-3H3. The molecule has 1 aromatic carbocycles. The number of unbranched alkanes of at least 4 members (excludes halogenated alkanes) is 2. The highest BCUT2D eigenvalue weighted by molar-refractivity contribution is 6.60. The molecule has 0 aliphatic heterocycles. The van der Waals surface area contributed by atoms with Crippen molar-refractivity contribution in [3.8, 4) is 0 Å². The van der Waals surface area contributed by atoms with Crippen molar-refractivity contribution in [2.45, 2.75) is 77.9 Å². The van der Waals surface area contributed by atoms with Gasteiger partial charge in [0.05, 0.1) is 5.56 Å². The van der Waals surface area contributed by atoms with Crippen LogP contribution >= 0.6 is 0 Å². The Balaban J connectivity index is 2.48. The van der Waals surface area contributed by atoms with Gasteiger partial charge >= 0.3 is 15.0 Å². The monoisotopic (exact) mass is 420 g/mol. The highest BCUT2D eigenvalue weighted by Crippen LogP contribution is 2.29. The minimum atomic E-state index is -4.28. The van der Waals surface area contributed by atoms with Crippen LogP contribution in [0.5, 0.6) is 0 Å². The van der Waals surface area contributed by atoms with E-state index >= 15 is 0 Å². The van der Waals surface area contributed by atoms with Gasteiger partial charge in [-0.3, -0.25) is 0 Å². The highest BCUT2D eigenvalue weighted by atomic mass is 28.4. The second-order valence-corrected chi connectivity index (χ2v) is 9.72.